The van der Waals surface area contributed by atoms with E-state index in [2.05, 4.69) is 77.4 Å². The van der Waals surface area contributed by atoms with Crippen molar-refractivity contribution >= 4 is 17.2 Å². The lowest BCUT2D eigenvalue weighted by molar-refractivity contribution is 0.0848. The highest BCUT2D eigenvalue weighted by molar-refractivity contribution is 5.80. The highest BCUT2D eigenvalue weighted by atomic mass is 16.2. The summed E-state index contributed by atoms with van der Waals surface area (Å²) < 4.78 is 1.97. The Hall–Kier alpha value is -3.57. The van der Waals surface area contributed by atoms with Gasteiger partial charge in [0.25, 0.3) is 0 Å². The normalized spacial score (nSPS) is 22.2. The van der Waals surface area contributed by atoms with Crippen molar-refractivity contribution in [2.24, 2.45) is 0 Å². The molecule has 0 saturated carbocycles. The van der Waals surface area contributed by atoms with E-state index in [9.17, 15) is 4.79 Å². The molecule has 3 aromatic rings. The fraction of sp³-hybridized carbons (Fsp3) is 0.500. The third-order valence-electron chi connectivity index (χ3n) is 8.76. The maximum absolute atomic E-state index is 12.9. The van der Waals surface area contributed by atoms with E-state index in [1.165, 1.54) is 29.7 Å². The second-order valence-corrected chi connectivity index (χ2v) is 11.2. The number of piperazine rings is 1. The predicted octanol–water partition coefficient (Wildman–Crippen LogP) is 4.43. The van der Waals surface area contributed by atoms with Crippen LogP contribution in [0.1, 0.15) is 44.6 Å². The molecular formula is C30H37N7O. The molecule has 6 rings (SSSR count). The first-order chi connectivity index (χ1) is 18.5. The second-order valence-electron chi connectivity index (χ2n) is 11.2. The zero-order valence-corrected chi connectivity index (χ0v) is 22.5. The van der Waals surface area contributed by atoms with Gasteiger partial charge >= 0.3 is 6.03 Å². The van der Waals surface area contributed by atoms with E-state index < -0.39 is 0 Å². The fourth-order valence-corrected chi connectivity index (χ4v) is 6.23. The maximum Gasteiger partial charge on any atom is 0.320 e. The molecule has 2 aromatic heterocycles. The summed E-state index contributed by atoms with van der Waals surface area (Å²) in [5.74, 6) is 0.622. The SMILES string of the molecule is CC(C)N1CC[C@@H](c2ccc(-c3cc4c(N5CCN(C(=O)N6CCC6CC#N)CC5)ccnn4c3)cc2)C1. The van der Waals surface area contributed by atoms with Gasteiger partial charge in [-0.2, -0.15) is 10.4 Å². The molecule has 2 atom stereocenters. The molecule has 1 aromatic carbocycles. The Balaban J connectivity index is 1.14. The largest absolute Gasteiger partial charge is 0.366 e. The first-order valence-electron chi connectivity index (χ1n) is 14.0. The van der Waals surface area contributed by atoms with Gasteiger partial charge in [0, 0.05) is 69.3 Å². The predicted molar refractivity (Wildman–Crippen MR) is 149 cm³/mol. The van der Waals surface area contributed by atoms with Gasteiger partial charge in [-0.3, -0.25) is 0 Å². The van der Waals surface area contributed by atoms with Gasteiger partial charge in [0.1, 0.15) is 0 Å². The van der Waals surface area contributed by atoms with Crippen molar-refractivity contribution in [2.75, 3.05) is 50.7 Å². The second kappa shape index (κ2) is 10.3. The van der Waals surface area contributed by atoms with Crippen molar-refractivity contribution in [3.63, 3.8) is 0 Å². The number of carbonyl (C=O) groups is 1. The first-order valence-corrected chi connectivity index (χ1v) is 14.0. The van der Waals surface area contributed by atoms with Crippen molar-refractivity contribution in [1.82, 2.24) is 24.3 Å². The number of hydrogen-bond donors (Lipinski definition) is 0. The molecule has 1 unspecified atom stereocenters. The Bertz CT molecular complexity index is 1330. The minimum Gasteiger partial charge on any atom is -0.366 e. The van der Waals surface area contributed by atoms with Crippen LogP contribution in [0.2, 0.25) is 0 Å². The average Bonchev–Trinajstić information content (AvgIpc) is 3.59. The van der Waals surface area contributed by atoms with E-state index in [0.717, 1.165) is 43.8 Å². The molecule has 3 saturated heterocycles. The van der Waals surface area contributed by atoms with Crippen LogP contribution >= 0.6 is 0 Å². The molecule has 0 spiro atoms. The standard InChI is InChI=1S/C30H37N7O/c1-22(2)35-13-9-25(20-35)23-3-5-24(6-4-23)26-19-29-28(8-12-32-37(29)21-26)33-15-17-34(18-16-33)30(38)36-14-10-27(36)7-11-31/h3-6,8,12,19,21-22,25,27H,7,9-10,13-18,20H2,1-2H3/t25-,27?/m1/s1. The van der Waals surface area contributed by atoms with Crippen molar-refractivity contribution in [3.8, 4) is 17.2 Å². The van der Waals surface area contributed by atoms with Crippen LogP contribution in [-0.4, -0.2) is 88.2 Å². The minimum atomic E-state index is 0.0824. The molecule has 0 N–H and O–H groups in total. The Morgan fingerprint density at radius 3 is 2.47 bits per heavy atom. The molecule has 5 heterocycles. The quantitative estimate of drug-likeness (QED) is 0.507. The topological polar surface area (TPSA) is 71.1 Å². The summed E-state index contributed by atoms with van der Waals surface area (Å²) in [7, 11) is 0. The molecule has 0 radical (unpaired) electrons. The van der Waals surface area contributed by atoms with Crippen molar-refractivity contribution in [3.05, 3.63) is 54.4 Å². The molecule has 3 aliphatic rings. The molecule has 3 fully saturated rings. The monoisotopic (exact) mass is 511 g/mol. The molecule has 0 aliphatic carbocycles. The van der Waals surface area contributed by atoms with Crippen molar-refractivity contribution in [2.45, 2.75) is 51.1 Å². The Morgan fingerprint density at radius 2 is 1.82 bits per heavy atom. The number of aromatic nitrogens is 2. The number of nitrogens with zero attached hydrogens (tertiary/aromatic N) is 7. The molecule has 0 bridgehead atoms. The molecule has 3 aliphatic heterocycles. The molecule has 8 heteroatoms. The van der Waals surface area contributed by atoms with E-state index in [-0.39, 0.29) is 12.1 Å². The number of benzene rings is 1. The van der Waals surface area contributed by atoms with E-state index in [0.29, 0.717) is 31.5 Å². The third-order valence-corrected chi connectivity index (χ3v) is 8.76. The van der Waals surface area contributed by atoms with E-state index >= 15 is 0 Å². The van der Waals surface area contributed by atoms with Gasteiger partial charge in [-0.25, -0.2) is 9.31 Å². The van der Waals surface area contributed by atoms with Crippen LogP contribution in [-0.2, 0) is 0 Å². The number of likely N-dealkylation sites (tertiary alicyclic amines) is 2. The zero-order valence-electron chi connectivity index (χ0n) is 22.5. The summed E-state index contributed by atoms with van der Waals surface area (Å²) in [5, 5.41) is 13.6. The molecule has 198 valence electrons. The van der Waals surface area contributed by atoms with Gasteiger partial charge in [-0.1, -0.05) is 24.3 Å². The lowest BCUT2D eigenvalue weighted by atomic mass is 9.96. The van der Waals surface area contributed by atoms with Crippen LogP contribution in [0.4, 0.5) is 10.5 Å². The average molecular weight is 512 g/mol. The zero-order chi connectivity index (χ0) is 26.2. The van der Waals surface area contributed by atoms with Crippen LogP contribution in [0, 0.1) is 11.3 Å². The maximum atomic E-state index is 12.9. The number of urea groups is 1. The summed E-state index contributed by atoms with van der Waals surface area (Å²) in [5.41, 5.74) is 6.05. The van der Waals surface area contributed by atoms with Gasteiger partial charge in [-0.05, 0) is 62.4 Å². The van der Waals surface area contributed by atoms with Gasteiger partial charge in [0.05, 0.1) is 23.7 Å². The number of amides is 2. The number of fused-ring (bicyclic) bond motifs is 1. The number of hydrogen-bond acceptors (Lipinski definition) is 5. The molecule has 2 amide bonds. The highest BCUT2D eigenvalue weighted by Crippen LogP contribution is 2.32. The Kier molecular flexibility index (Phi) is 6.71. The van der Waals surface area contributed by atoms with Crippen LogP contribution < -0.4 is 4.90 Å². The fourth-order valence-electron chi connectivity index (χ4n) is 6.23. The number of anilines is 1. The first kappa shape index (κ1) is 24.7. The third kappa shape index (κ3) is 4.60. The van der Waals surface area contributed by atoms with Crippen LogP contribution in [0.3, 0.4) is 0 Å². The van der Waals surface area contributed by atoms with Crippen molar-refractivity contribution in [1.29, 1.82) is 5.26 Å². The summed E-state index contributed by atoms with van der Waals surface area (Å²) in [4.78, 5) is 21.7. The molecular weight excluding hydrogens is 474 g/mol. The van der Waals surface area contributed by atoms with Gasteiger partial charge in [0.2, 0.25) is 0 Å². The van der Waals surface area contributed by atoms with Crippen LogP contribution in [0.25, 0.3) is 16.6 Å². The molecule has 38 heavy (non-hydrogen) atoms. The van der Waals surface area contributed by atoms with E-state index in [4.69, 9.17) is 5.26 Å². The number of rotatable bonds is 5. The Morgan fingerprint density at radius 1 is 1.03 bits per heavy atom. The Labute approximate surface area is 225 Å². The number of carbonyl (C=O) groups excluding carboxylic acids is 1. The van der Waals surface area contributed by atoms with Gasteiger partial charge in [0.15, 0.2) is 0 Å². The van der Waals surface area contributed by atoms with E-state index in [1.54, 1.807) is 0 Å². The van der Waals surface area contributed by atoms with Gasteiger partial charge < -0.3 is 19.6 Å². The summed E-state index contributed by atoms with van der Waals surface area (Å²) >= 11 is 0. The molecule has 8 nitrogen and oxygen atoms in total. The highest BCUT2D eigenvalue weighted by Gasteiger charge is 2.35. The lowest BCUT2D eigenvalue weighted by Crippen LogP contribution is -2.59. The summed E-state index contributed by atoms with van der Waals surface area (Å²) in [6.45, 7) is 10.6. The summed E-state index contributed by atoms with van der Waals surface area (Å²) in [6, 6.07) is 16.4. The van der Waals surface area contributed by atoms with Gasteiger partial charge in [-0.15, -0.1) is 0 Å². The van der Waals surface area contributed by atoms with Crippen LogP contribution in [0.15, 0.2) is 48.8 Å². The summed E-state index contributed by atoms with van der Waals surface area (Å²) in [6.07, 6.45) is 6.57. The van der Waals surface area contributed by atoms with Crippen LogP contribution in [0.5, 0.6) is 0 Å². The van der Waals surface area contributed by atoms with E-state index in [1.807, 2.05) is 20.5 Å². The smallest absolute Gasteiger partial charge is 0.320 e. The minimum absolute atomic E-state index is 0.0824. The number of nitriles is 1. The lowest BCUT2D eigenvalue weighted by Gasteiger charge is -2.45. The van der Waals surface area contributed by atoms with Crippen molar-refractivity contribution < 1.29 is 4.79 Å².